The molecule has 6 nitrogen and oxygen atoms in total. The van der Waals surface area contributed by atoms with Crippen LogP contribution in [0.5, 0.6) is 0 Å². The number of hydrogen-bond donors (Lipinski definition) is 2. The first-order chi connectivity index (χ1) is 12.0. The highest BCUT2D eigenvalue weighted by atomic mass is 35.5. The summed E-state index contributed by atoms with van der Waals surface area (Å²) in [6.07, 6.45) is -0.0398. The van der Waals surface area contributed by atoms with Gasteiger partial charge in [0.05, 0.1) is 4.88 Å². The number of imide groups is 2. The molecule has 1 aromatic carbocycles. The summed E-state index contributed by atoms with van der Waals surface area (Å²) in [7, 11) is 0. The van der Waals surface area contributed by atoms with Crippen LogP contribution in [0.2, 0.25) is 5.02 Å². The third-order valence-electron chi connectivity index (χ3n) is 3.94. The van der Waals surface area contributed by atoms with Gasteiger partial charge in [-0.3, -0.25) is 25.0 Å². The van der Waals surface area contributed by atoms with Crippen molar-refractivity contribution in [3.05, 3.63) is 57.2 Å². The molecule has 8 heteroatoms. The van der Waals surface area contributed by atoms with Gasteiger partial charge in [0.25, 0.3) is 0 Å². The summed E-state index contributed by atoms with van der Waals surface area (Å²) in [6, 6.07) is 9.19. The molecule has 1 aliphatic heterocycles. The summed E-state index contributed by atoms with van der Waals surface area (Å²) in [6.45, 7) is 0. The third kappa shape index (κ3) is 3.78. The molecule has 0 saturated carbocycles. The Hall–Kier alpha value is -2.51. The van der Waals surface area contributed by atoms with E-state index in [-0.39, 0.29) is 12.2 Å². The van der Waals surface area contributed by atoms with Gasteiger partial charge in [0.15, 0.2) is 5.78 Å². The van der Waals surface area contributed by atoms with Crippen LogP contribution in [0.4, 0.5) is 4.79 Å². The van der Waals surface area contributed by atoms with Crippen LogP contribution in [-0.2, 0) is 9.59 Å². The Kier molecular flexibility index (Phi) is 4.96. The van der Waals surface area contributed by atoms with Crippen molar-refractivity contribution in [2.45, 2.75) is 12.3 Å². The van der Waals surface area contributed by atoms with E-state index >= 15 is 0 Å². The van der Waals surface area contributed by atoms with Gasteiger partial charge in [-0.05, 0) is 29.1 Å². The first kappa shape index (κ1) is 17.3. The van der Waals surface area contributed by atoms with E-state index < -0.39 is 29.7 Å². The summed E-state index contributed by atoms with van der Waals surface area (Å²) in [4.78, 5) is 48.8. The van der Waals surface area contributed by atoms with E-state index in [2.05, 4.69) is 10.6 Å². The summed E-state index contributed by atoms with van der Waals surface area (Å²) in [5.41, 5.74) is 0.624. The number of barbiturate groups is 1. The van der Waals surface area contributed by atoms with Crippen LogP contribution < -0.4 is 10.6 Å². The van der Waals surface area contributed by atoms with Crippen molar-refractivity contribution in [2.24, 2.45) is 5.92 Å². The second-order valence-electron chi connectivity index (χ2n) is 5.55. The predicted octanol–water partition coefficient (Wildman–Crippen LogP) is 2.74. The molecule has 0 spiro atoms. The highest BCUT2D eigenvalue weighted by molar-refractivity contribution is 7.12. The first-order valence-electron chi connectivity index (χ1n) is 7.43. The van der Waals surface area contributed by atoms with Crippen molar-refractivity contribution in [1.29, 1.82) is 0 Å². The van der Waals surface area contributed by atoms with Gasteiger partial charge in [0.2, 0.25) is 11.8 Å². The van der Waals surface area contributed by atoms with Gasteiger partial charge in [0.1, 0.15) is 5.92 Å². The van der Waals surface area contributed by atoms with Gasteiger partial charge in [-0.1, -0.05) is 29.8 Å². The lowest BCUT2D eigenvalue weighted by molar-refractivity contribution is -0.136. The Balaban J connectivity index is 1.95. The maximum absolute atomic E-state index is 12.5. The first-order valence-corrected chi connectivity index (χ1v) is 8.69. The lowest BCUT2D eigenvalue weighted by Crippen LogP contribution is -2.57. The summed E-state index contributed by atoms with van der Waals surface area (Å²) in [5, 5.41) is 6.45. The summed E-state index contributed by atoms with van der Waals surface area (Å²) in [5.74, 6) is -3.49. The Morgan fingerprint density at radius 2 is 1.72 bits per heavy atom. The quantitative estimate of drug-likeness (QED) is 0.620. The zero-order valence-corrected chi connectivity index (χ0v) is 14.4. The maximum atomic E-state index is 12.5. The minimum atomic E-state index is -1.18. The molecule has 2 heterocycles. The van der Waals surface area contributed by atoms with Gasteiger partial charge < -0.3 is 0 Å². The number of nitrogens with one attached hydrogen (secondary N) is 2. The molecule has 1 aliphatic rings. The number of urea groups is 1. The Labute approximate surface area is 152 Å². The predicted molar refractivity (Wildman–Crippen MR) is 92.6 cm³/mol. The van der Waals surface area contributed by atoms with Crippen molar-refractivity contribution in [3.63, 3.8) is 0 Å². The lowest BCUT2D eigenvalue weighted by atomic mass is 9.80. The molecule has 128 valence electrons. The van der Waals surface area contributed by atoms with Crippen LogP contribution in [0.15, 0.2) is 41.8 Å². The van der Waals surface area contributed by atoms with Crippen molar-refractivity contribution >= 4 is 46.6 Å². The van der Waals surface area contributed by atoms with E-state index in [1.165, 1.54) is 11.3 Å². The minimum absolute atomic E-state index is 0.0398. The molecule has 4 amide bonds. The Morgan fingerprint density at radius 3 is 2.28 bits per heavy atom. The number of amides is 4. The topological polar surface area (TPSA) is 92.3 Å². The molecule has 1 atom stereocenters. The van der Waals surface area contributed by atoms with E-state index in [0.717, 1.165) is 0 Å². The molecule has 2 aromatic rings. The number of hydrogen-bond acceptors (Lipinski definition) is 5. The van der Waals surface area contributed by atoms with E-state index in [0.29, 0.717) is 15.5 Å². The van der Waals surface area contributed by atoms with Crippen molar-refractivity contribution in [3.8, 4) is 0 Å². The zero-order chi connectivity index (χ0) is 18.0. The number of ketones is 1. The SMILES string of the molecule is O=C1NC(=O)C([C@H](CC(=O)c2cccs2)c2ccc(Cl)cc2)C(=O)N1. The van der Waals surface area contributed by atoms with Gasteiger partial charge in [0, 0.05) is 17.4 Å². The van der Waals surface area contributed by atoms with Crippen LogP contribution in [0.3, 0.4) is 0 Å². The molecule has 2 N–H and O–H groups in total. The minimum Gasteiger partial charge on any atom is -0.293 e. The zero-order valence-electron chi connectivity index (χ0n) is 12.8. The van der Waals surface area contributed by atoms with E-state index in [4.69, 9.17) is 11.6 Å². The molecule has 1 aromatic heterocycles. The van der Waals surface area contributed by atoms with Crippen LogP contribution in [-0.4, -0.2) is 23.6 Å². The number of halogens is 1. The number of thiophene rings is 1. The second kappa shape index (κ2) is 7.16. The van der Waals surface area contributed by atoms with Gasteiger partial charge in [-0.15, -0.1) is 11.3 Å². The number of Topliss-reactive ketones (excluding diaryl/α,β-unsaturated/α-hetero) is 1. The average molecular weight is 377 g/mol. The fourth-order valence-electron chi connectivity index (χ4n) is 2.77. The van der Waals surface area contributed by atoms with Crippen molar-refractivity contribution in [1.82, 2.24) is 10.6 Å². The fraction of sp³-hybridized carbons (Fsp3) is 0.176. The van der Waals surface area contributed by atoms with Crippen LogP contribution in [0.1, 0.15) is 27.6 Å². The number of benzene rings is 1. The van der Waals surface area contributed by atoms with Crippen molar-refractivity contribution in [2.75, 3.05) is 0 Å². The van der Waals surface area contributed by atoms with Crippen molar-refractivity contribution < 1.29 is 19.2 Å². The normalized spacial score (nSPS) is 16.3. The van der Waals surface area contributed by atoms with Gasteiger partial charge >= 0.3 is 6.03 Å². The number of carbonyl (C=O) groups is 4. The Morgan fingerprint density at radius 1 is 1.08 bits per heavy atom. The summed E-state index contributed by atoms with van der Waals surface area (Å²) >= 11 is 7.19. The van der Waals surface area contributed by atoms with Crippen LogP contribution >= 0.6 is 22.9 Å². The standard InChI is InChI=1S/C17H13ClN2O4S/c18-10-5-3-9(4-6-10)11(8-12(21)13-2-1-7-25-13)14-15(22)19-17(24)20-16(14)23/h1-7,11,14H,8H2,(H2,19,20,22,23,24)/t11-/m1/s1. The average Bonchev–Trinajstić information content (AvgIpc) is 3.08. The fourth-order valence-corrected chi connectivity index (χ4v) is 3.57. The lowest BCUT2D eigenvalue weighted by Gasteiger charge is -2.28. The molecule has 1 saturated heterocycles. The monoisotopic (exact) mass is 376 g/mol. The summed E-state index contributed by atoms with van der Waals surface area (Å²) < 4.78 is 0. The highest BCUT2D eigenvalue weighted by Gasteiger charge is 2.41. The molecule has 25 heavy (non-hydrogen) atoms. The molecule has 3 rings (SSSR count). The highest BCUT2D eigenvalue weighted by Crippen LogP contribution is 2.32. The largest absolute Gasteiger partial charge is 0.328 e. The third-order valence-corrected chi connectivity index (χ3v) is 5.10. The maximum Gasteiger partial charge on any atom is 0.328 e. The second-order valence-corrected chi connectivity index (χ2v) is 6.93. The van der Waals surface area contributed by atoms with E-state index in [1.54, 1.807) is 41.8 Å². The van der Waals surface area contributed by atoms with Crippen LogP contribution in [0, 0.1) is 5.92 Å². The number of carbonyl (C=O) groups excluding carboxylic acids is 4. The molecule has 0 radical (unpaired) electrons. The molecular weight excluding hydrogens is 364 g/mol. The Bertz CT molecular complexity index is 813. The van der Waals surface area contributed by atoms with E-state index in [1.807, 2.05) is 0 Å². The molecule has 0 bridgehead atoms. The number of rotatable bonds is 5. The molecule has 1 fully saturated rings. The van der Waals surface area contributed by atoms with Gasteiger partial charge in [-0.2, -0.15) is 0 Å². The smallest absolute Gasteiger partial charge is 0.293 e. The van der Waals surface area contributed by atoms with E-state index in [9.17, 15) is 19.2 Å². The van der Waals surface area contributed by atoms with Crippen LogP contribution in [0.25, 0.3) is 0 Å². The molecule has 0 aliphatic carbocycles. The molecular formula is C17H13ClN2O4S. The molecule has 0 unspecified atom stereocenters. The van der Waals surface area contributed by atoms with Gasteiger partial charge in [-0.25, -0.2) is 4.79 Å².